The lowest BCUT2D eigenvalue weighted by Crippen LogP contribution is -2.38. The molecule has 3 aromatic carbocycles. The van der Waals surface area contributed by atoms with Crippen molar-refractivity contribution in [3.05, 3.63) is 88.5 Å². The number of carbonyl (C=O) groups is 1. The first kappa shape index (κ1) is 22.6. The Morgan fingerprint density at radius 2 is 1.52 bits per heavy atom. The second-order valence-corrected chi connectivity index (χ2v) is 9.75. The molecule has 0 atom stereocenters. The van der Waals surface area contributed by atoms with Gasteiger partial charge in [0.2, 0.25) is 5.91 Å². The van der Waals surface area contributed by atoms with E-state index in [1.165, 1.54) is 4.31 Å². The molecule has 0 bridgehead atoms. The molecular formula is C25H28N2O3S. The van der Waals surface area contributed by atoms with Crippen LogP contribution < -0.4 is 9.62 Å². The molecule has 0 radical (unpaired) electrons. The van der Waals surface area contributed by atoms with Crippen LogP contribution in [0.15, 0.2) is 65.6 Å². The summed E-state index contributed by atoms with van der Waals surface area (Å²) in [5.74, 6) is -0.403. The number of carbonyl (C=O) groups excluding carboxylic acids is 1. The lowest BCUT2D eigenvalue weighted by atomic mass is 10.1. The number of anilines is 2. The van der Waals surface area contributed by atoms with E-state index in [1.54, 1.807) is 36.4 Å². The molecular weight excluding hydrogens is 408 g/mol. The van der Waals surface area contributed by atoms with E-state index in [2.05, 4.69) is 5.32 Å². The van der Waals surface area contributed by atoms with Crippen LogP contribution in [0.3, 0.4) is 0 Å². The summed E-state index contributed by atoms with van der Waals surface area (Å²) in [6.45, 7) is 9.32. The molecule has 1 N–H and O–H groups in total. The summed E-state index contributed by atoms with van der Waals surface area (Å²) in [5, 5.41) is 2.83. The number of hydrogen-bond donors (Lipinski definition) is 1. The Hall–Kier alpha value is -3.12. The minimum Gasteiger partial charge on any atom is -0.325 e. The molecule has 0 aliphatic heterocycles. The molecule has 0 fully saturated rings. The summed E-state index contributed by atoms with van der Waals surface area (Å²) >= 11 is 0. The van der Waals surface area contributed by atoms with Gasteiger partial charge in [-0.25, -0.2) is 8.42 Å². The molecule has 3 rings (SSSR count). The summed E-state index contributed by atoms with van der Waals surface area (Å²) in [7, 11) is -3.94. The lowest BCUT2D eigenvalue weighted by Gasteiger charge is -2.26. The molecule has 1 amide bonds. The fourth-order valence-corrected chi connectivity index (χ4v) is 4.77. The van der Waals surface area contributed by atoms with E-state index in [9.17, 15) is 13.2 Å². The highest BCUT2D eigenvalue weighted by atomic mass is 32.2. The van der Waals surface area contributed by atoms with Gasteiger partial charge in [-0.1, -0.05) is 35.9 Å². The smallest absolute Gasteiger partial charge is 0.264 e. The van der Waals surface area contributed by atoms with Gasteiger partial charge < -0.3 is 5.32 Å². The molecule has 162 valence electrons. The van der Waals surface area contributed by atoms with E-state index >= 15 is 0 Å². The minimum atomic E-state index is -3.94. The van der Waals surface area contributed by atoms with Gasteiger partial charge in [-0.3, -0.25) is 9.10 Å². The van der Waals surface area contributed by atoms with E-state index in [0.29, 0.717) is 11.4 Å². The van der Waals surface area contributed by atoms with Crippen molar-refractivity contribution in [2.45, 2.75) is 39.5 Å². The van der Waals surface area contributed by atoms with E-state index in [0.717, 1.165) is 27.8 Å². The van der Waals surface area contributed by atoms with Crippen molar-refractivity contribution < 1.29 is 13.2 Å². The first-order chi connectivity index (χ1) is 14.6. The monoisotopic (exact) mass is 436 g/mol. The van der Waals surface area contributed by atoms with Crippen LogP contribution in [0.4, 0.5) is 11.4 Å². The maximum Gasteiger partial charge on any atom is 0.264 e. The van der Waals surface area contributed by atoms with Crippen molar-refractivity contribution in [1.29, 1.82) is 0 Å². The molecule has 0 saturated heterocycles. The van der Waals surface area contributed by atoms with Crippen LogP contribution in [0.2, 0.25) is 0 Å². The number of hydrogen-bond acceptors (Lipinski definition) is 3. The van der Waals surface area contributed by atoms with Crippen LogP contribution in [0, 0.1) is 34.6 Å². The summed E-state index contributed by atoms with van der Waals surface area (Å²) in [4.78, 5) is 13.1. The van der Waals surface area contributed by atoms with Crippen LogP contribution in [0.5, 0.6) is 0 Å². The standard InChI is InChI=1S/C25H28N2O3S/c1-17-9-13-23(14-10-17)31(29,30)27(24-8-6-7-19(3)21(24)5)16-25(28)26-22-12-11-18(2)20(4)15-22/h6-15H,16H2,1-5H3,(H,26,28). The topological polar surface area (TPSA) is 66.5 Å². The highest BCUT2D eigenvalue weighted by Crippen LogP contribution is 2.29. The van der Waals surface area contributed by atoms with E-state index in [1.807, 2.05) is 58.9 Å². The van der Waals surface area contributed by atoms with Crippen LogP contribution in [-0.4, -0.2) is 20.9 Å². The van der Waals surface area contributed by atoms with Crippen molar-refractivity contribution in [2.24, 2.45) is 0 Å². The van der Waals surface area contributed by atoms with Crippen molar-refractivity contribution in [3.63, 3.8) is 0 Å². The van der Waals surface area contributed by atoms with Gasteiger partial charge in [-0.05, 0) is 87.2 Å². The minimum absolute atomic E-state index is 0.151. The van der Waals surface area contributed by atoms with Gasteiger partial charge in [0.25, 0.3) is 10.0 Å². The summed E-state index contributed by atoms with van der Waals surface area (Å²) < 4.78 is 28.3. The van der Waals surface area contributed by atoms with Gasteiger partial charge in [0.1, 0.15) is 6.54 Å². The van der Waals surface area contributed by atoms with Gasteiger partial charge in [-0.2, -0.15) is 0 Å². The van der Waals surface area contributed by atoms with Gasteiger partial charge in [0.15, 0.2) is 0 Å². The number of rotatable bonds is 6. The van der Waals surface area contributed by atoms with Crippen molar-refractivity contribution in [1.82, 2.24) is 0 Å². The summed E-state index contributed by atoms with van der Waals surface area (Å²) in [6.07, 6.45) is 0. The normalized spacial score (nSPS) is 11.3. The van der Waals surface area contributed by atoms with Crippen LogP contribution in [-0.2, 0) is 14.8 Å². The molecule has 0 aliphatic rings. The molecule has 0 unspecified atom stereocenters. The number of nitrogens with one attached hydrogen (secondary N) is 1. The molecule has 5 nitrogen and oxygen atoms in total. The third-order valence-electron chi connectivity index (χ3n) is 5.53. The Morgan fingerprint density at radius 1 is 0.839 bits per heavy atom. The number of benzene rings is 3. The lowest BCUT2D eigenvalue weighted by molar-refractivity contribution is -0.114. The zero-order valence-corrected chi connectivity index (χ0v) is 19.4. The molecule has 0 heterocycles. The molecule has 0 aromatic heterocycles. The number of aryl methyl sites for hydroxylation is 4. The Balaban J connectivity index is 1.99. The number of nitrogens with zero attached hydrogens (tertiary/aromatic N) is 1. The third-order valence-corrected chi connectivity index (χ3v) is 7.31. The van der Waals surface area contributed by atoms with Gasteiger partial charge in [-0.15, -0.1) is 0 Å². The highest BCUT2D eigenvalue weighted by Gasteiger charge is 2.28. The van der Waals surface area contributed by atoms with Crippen molar-refractivity contribution in [2.75, 3.05) is 16.2 Å². The predicted octanol–water partition coefficient (Wildman–Crippen LogP) is 5.06. The molecule has 0 aliphatic carbocycles. The third kappa shape index (κ3) is 4.97. The summed E-state index contributed by atoms with van der Waals surface area (Å²) in [5.41, 5.74) is 6.05. The zero-order chi connectivity index (χ0) is 22.8. The van der Waals surface area contributed by atoms with Crippen molar-refractivity contribution >= 4 is 27.3 Å². The maximum absolute atomic E-state index is 13.5. The highest BCUT2D eigenvalue weighted by molar-refractivity contribution is 7.92. The van der Waals surface area contributed by atoms with E-state index in [-0.39, 0.29) is 11.4 Å². The van der Waals surface area contributed by atoms with Crippen LogP contribution >= 0.6 is 0 Å². The molecule has 0 spiro atoms. The second kappa shape index (κ2) is 8.94. The fourth-order valence-electron chi connectivity index (χ4n) is 3.29. The zero-order valence-electron chi connectivity index (χ0n) is 18.6. The SMILES string of the molecule is Cc1ccc(S(=O)(=O)N(CC(=O)Nc2ccc(C)c(C)c2)c2cccc(C)c2C)cc1. The maximum atomic E-state index is 13.5. The summed E-state index contributed by atoms with van der Waals surface area (Å²) in [6, 6.07) is 17.7. The van der Waals surface area contributed by atoms with Crippen LogP contribution in [0.25, 0.3) is 0 Å². The average Bonchev–Trinajstić information content (AvgIpc) is 2.71. The Morgan fingerprint density at radius 3 is 2.16 bits per heavy atom. The predicted molar refractivity (Wildman–Crippen MR) is 126 cm³/mol. The first-order valence-electron chi connectivity index (χ1n) is 10.1. The van der Waals surface area contributed by atoms with Gasteiger partial charge in [0.05, 0.1) is 10.6 Å². The molecule has 31 heavy (non-hydrogen) atoms. The molecule has 0 saturated carbocycles. The number of amides is 1. The largest absolute Gasteiger partial charge is 0.325 e. The second-order valence-electron chi connectivity index (χ2n) is 7.89. The van der Waals surface area contributed by atoms with E-state index in [4.69, 9.17) is 0 Å². The Kier molecular flexibility index (Phi) is 6.51. The van der Waals surface area contributed by atoms with E-state index < -0.39 is 15.9 Å². The number of sulfonamides is 1. The quantitative estimate of drug-likeness (QED) is 0.587. The fraction of sp³-hybridized carbons (Fsp3) is 0.240. The Bertz CT molecular complexity index is 1220. The molecule has 6 heteroatoms. The van der Waals surface area contributed by atoms with Gasteiger partial charge >= 0.3 is 0 Å². The first-order valence-corrected chi connectivity index (χ1v) is 11.6. The van der Waals surface area contributed by atoms with Gasteiger partial charge in [0, 0.05) is 5.69 Å². The van der Waals surface area contributed by atoms with Crippen molar-refractivity contribution in [3.8, 4) is 0 Å². The molecule has 3 aromatic rings. The Labute approximate surface area is 184 Å². The average molecular weight is 437 g/mol. The van der Waals surface area contributed by atoms with Crippen LogP contribution in [0.1, 0.15) is 27.8 Å².